The van der Waals surface area contributed by atoms with Crippen molar-refractivity contribution in [2.75, 3.05) is 18.0 Å². The Morgan fingerprint density at radius 3 is 2.42 bits per heavy atom. The van der Waals surface area contributed by atoms with E-state index in [1.807, 2.05) is 12.1 Å². The molecule has 2 rings (SSSR count). The molecule has 1 aliphatic heterocycles. The number of nitrogens with zero attached hydrogens (tertiary/aromatic N) is 1. The molecule has 1 amide bonds. The lowest BCUT2D eigenvalue weighted by atomic mass is 9.96. The summed E-state index contributed by atoms with van der Waals surface area (Å²) in [6.45, 7) is 3.06. The first-order valence-electron chi connectivity index (χ1n) is 6.34. The summed E-state index contributed by atoms with van der Waals surface area (Å²) in [6, 6.07) is 5.45. The summed E-state index contributed by atoms with van der Waals surface area (Å²) in [6.07, 6.45) is 1.53. The van der Waals surface area contributed by atoms with E-state index in [0.717, 1.165) is 31.6 Å². The maximum Gasteiger partial charge on any atom is 0.220 e. The Morgan fingerprint density at radius 1 is 1.32 bits per heavy atom. The predicted octanol–water partition coefficient (Wildman–Crippen LogP) is 2.24. The number of piperidine rings is 1. The number of hydrogen-bond donors (Lipinski definition) is 1. The number of ketones is 1. The molecule has 0 bridgehead atoms. The third-order valence-electron chi connectivity index (χ3n) is 3.59. The largest absolute Gasteiger partial charge is 0.371 e. The van der Waals surface area contributed by atoms with E-state index in [-0.39, 0.29) is 17.6 Å². The van der Waals surface area contributed by atoms with Crippen molar-refractivity contribution < 1.29 is 9.59 Å². The van der Waals surface area contributed by atoms with Crippen LogP contribution in [-0.2, 0) is 4.79 Å². The minimum atomic E-state index is -0.218. The van der Waals surface area contributed by atoms with Gasteiger partial charge < -0.3 is 10.6 Å². The van der Waals surface area contributed by atoms with Gasteiger partial charge in [0.2, 0.25) is 5.91 Å². The summed E-state index contributed by atoms with van der Waals surface area (Å²) in [5.41, 5.74) is 6.84. The molecule has 1 saturated heterocycles. The number of carbonyl (C=O) groups is 2. The standard InChI is InChI=1S/C14H17ClN2O2/c1-9(18)12-3-2-11(8-13(12)15)17-6-4-10(5-7-17)14(16)19/h2-3,8,10H,4-7H2,1H3,(H2,16,19). The van der Waals surface area contributed by atoms with Gasteiger partial charge in [0, 0.05) is 30.3 Å². The second-order valence-electron chi connectivity index (χ2n) is 4.88. The molecule has 0 spiro atoms. The van der Waals surface area contributed by atoms with Gasteiger partial charge in [-0.1, -0.05) is 11.6 Å². The van der Waals surface area contributed by atoms with Gasteiger partial charge in [-0.25, -0.2) is 0 Å². The van der Waals surface area contributed by atoms with Gasteiger partial charge >= 0.3 is 0 Å². The maximum atomic E-state index is 11.3. The quantitative estimate of drug-likeness (QED) is 0.864. The van der Waals surface area contributed by atoms with Crippen LogP contribution in [0.5, 0.6) is 0 Å². The molecule has 5 heteroatoms. The second-order valence-corrected chi connectivity index (χ2v) is 5.29. The lowest BCUT2D eigenvalue weighted by Gasteiger charge is -2.32. The van der Waals surface area contributed by atoms with E-state index in [9.17, 15) is 9.59 Å². The van der Waals surface area contributed by atoms with Crippen LogP contribution in [0.25, 0.3) is 0 Å². The Balaban J connectivity index is 2.10. The lowest BCUT2D eigenvalue weighted by molar-refractivity contribution is -0.122. The number of Topliss-reactive ketones (excluding diaryl/α,β-unsaturated/α-hetero) is 1. The van der Waals surface area contributed by atoms with Crippen LogP contribution in [0, 0.1) is 5.92 Å². The van der Waals surface area contributed by atoms with Crippen molar-refractivity contribution in [2.24, 2.45) is 11.7 Å². The molecular formula is C14H17ClN2O2. The second kappa shape index (κ2) is 5.61. The van der Waals surface area contributed by atoms with Crippen molar-refractivity contribution in [2.45, 2.75) is 19.8 Å². The Hall–Kier alpha value is -1.55. The van der Waals surface area contributed by atoms with Gasteiger partial charge in [-0.05, 0) is 38.0 Å². The number of primary amides is 1. The molecule has 0 saturated carbocycles. The highest BCUT2D eigenvalue weighted by atomic mass is 35.5. The predicted molar refractivity (Wildman–Crippen MR) is 75.6 cm³/mol. The SMILES string of the molecule is CC(=O)c1ccc(N2CCC(C(N)=O)CC2)cc1Cl. The molecule has 2 N–H and O–H groups in total. The summed E-state index contributed by atoms with van der Waals surface area (Å²) in [4.78, 5) is 24.6. The van der Waals surface area contributed by atoms with Gasteiger partial charge in [-0.3, -0.25) is 9.59 Å². The van der Waals surface area contributed by atoms with Crippen LogP contribution in [0.4, 0.5) is 5.69 Å². The van der Waals surface area contributed by atoms with E-state index in [4.69, 9.17) is 17.3 Å². The minimum absolute atomic E-state index is 0.0248. The van der Waals surface area contributed by atoms with Crippen molar-refractivity contribution in [1.82, 2.24) is 0 Å². The van der Waals surface area contributed by atoms with Crippen molar-refractivity contribution in [3.8, 4) is 0 Å². The number of benzene rings is 1. The third kappa shape index (κ3) is 3.07. The van der Waals surface area contributed by atoms with Gasteiger partial charge in [0.15, 0.2) is 5.78 Å². The number of rotatable bonds is 3. The summed E-state index contributed by atoms with van der Waals surface area (Å²) in [7, 11) is 0. The lowest BCUT2D eigenvalue weighted by Crippen LogP contribution is -2.38. The van der Waals surface area contributed by atoms with E-state index in [1.54, 1.807) is 6.07 Å². The maximum absolute atomic E-state index is 11.3. The molecular weight excluding hydrogens is 264 g/mol. The molecule has 1 aromatic rings. The van der Waals surface area contributed by atoms with Crippen LogP contribution >= 0.6 is 11.6 Å². The molecule has 0 radical (unpaired) electrons. The van der Waals surface area contributed by atoms with Gasteiger partial charge in [-0.15, -0.1) is 0 Å². The minimum Gasteiger partial charge on any atom is -0.371 e. The van der Waals surface area contributed by atoms with Crippen LogP contribution in [0.1, 0.15) is 30.1 Å². The Labute approximate surface area is 117 Å². The van der Waals surface area contributed by atoms with Crippen molar-refractivity contribution in [3.05, 3.63) is 28.8 Å². The van der Waals surface area contributed by atoms with Crippen LogP contribution in [0.15, 0.2) is 18.2 Å². The van der Waals surface area contributed by atoms with Crippen molar-refractivity contribution in [3.63, 3.8) is 0 Å². The fraction of sp³-hybridized carbons (Fsp3) is 0.429. The first kappa shape index (κ1) is 13.9. The zero-order valence-electron chi connectivity index (χ0n) is 10.9. The van der Waals surface area contributed by atoms with Gasteiger partial charge in [0.1, 0.15) is 0 Å². The number of halogens is 1. The molecule has 0 aliphatic carbocycles. The van der Waals surface area contributed by atoms with E-state index in [1.165, 1.54) is 6.92 Å². The van der Waals surface area contributed by atoms with Crippen LogP contribution < -0.4 is 10.6 Å². The van der Waals surface area contributed by atoms with E-state index >= 15 is 0 Å². The van der Waals surface area contributed by atoms with Crippen molar-refractivity contribution >= 4 is 29.0 Å². The fourth-order valence-electron chi connectivity index (χ4n) is 2.41. The van der Waals surface area contributed by atoms with Crippen LogP contribution in [-0.4, -0.2) is 24.8 Å². The van der Waals surface area contributed by atoms with Gasteiger partial charge in [0.25, 0.3) is 0 Å². The topological polar surface area (TPSA) is 63.4 Å². The van der Waals surface area contributed by atoms with Crippen molar-refractivity contribution in [1.29, 1.82) is 0 Å². The third-order valence-corrected chi connectivity index (χ3v) is 3.91. The summed E-state index contributed by atoms with van der Waals surface area (Å²) < 4.78 is 0. The summed E-state index contributed by atoms with van der Waals surface area (Å²) >= 11 is 6.10. The molecule has 0 aromatic heterocycles. The monoisotopic (exact) mass is 280 g/mol. The van der Waals surface area contributed by atoms with E-state index < -0.39 is 0 Å². The zero-order chi connectivity index (χ0) is 14.0. The molecule has 1 heterocycles. The number of anilines is 1. The Morgan fingerprint density at radius 2 is 1.95 bits per heavy atom. The zero-order valence-corrected chi connectivity index (χ0v) is 11.6. The first-order valence-corrected chi connectivity index (χ1v) is 6.71. The molecule has 1 aliphatic rings. The van der Waals surface area contributed by atoms with Crippen LogP contribution in [0.2, 0.25) is 5.02 Å². The number of carbonyl (C=O) groups excluding carboxylic acids is 2. The fourth-order valence-corrected chi connectivity index (χ4v) is 2.72. The van der Waals surface area contributed by atoms with E-state index in [2.05, 4.69) is 4.90 Å². The smallest absolute Gasteiger partial charge is 0.220 e. The van der Waals surface area contributed by atoms with Gasteiger partial charge in [0.05, 0.1) is 5.02 Å². The molecule has 0 unspecified atom stereocenters. The Kier molecular flexibility index (Phi) is 4.10. The van der Waals surface area contributed by atoms with E-state index in [0.29, 0.717) is 10.6 Å². The highest BCUT2D eigenvalue weighted by molar-refractivity contribution is 6.34. The number of hydrogen-bond acceptors (Lipinski definition) is 3. The average molecular weight is 281 g/mol. The molecule has 102 valence electrons. The highest BCUT2D eigenvalue weighted by Gasteiger charge is 2.23. The number of amides is 1. The molecule has 4 nitrogen and oxygen atoms in total. The molecule has 19 heavy (non-hydrogen) atoms. The Bertz CT molecular complexity index is 508. The highest BCUT2D eigenvalue weighted by Crippen LogP contribution is 2.27. The van der Waals surface area contributed by atoms with Gasteiger partial charge in [-0.2, -0.15) is 0 Å². The summed E-state index contributed by atoms with van der Waals surface area (Å²) in [5, 5.41) is 0.474. The molecule has 0 atom stereocenters. The number of nitrogens with two attached hydrogens (primary N) is 1. The summed E-state index contributed by atoms with van der Waals surface area (Å²) in [5.74, 6) is -0.281. The van der Waals surface area contributed by atoms with Crippen LogP contribution in [0.3, 0.4) is 0 Å². The average Bonchev–Trinajstić information content (AvgIpc) is 2.38. The first-order chi connectivity index (χ1) is 8.99. The normalized spacial score (nSPS) is 16.4. The molecule has 1 fully saturated rings. The molecule has 1 aromatic carbocycles.